The molecule has 0 aliphatic heterocycles. The number of rotatable bonds is 3. The number of carbonyl (C=O) groups excluding carboxylic acids is 1. The molecule has 1 aliphatic carbocycles. The van der Waals surface area contributed by atoms with E-state index in [4.69, 9.17) is 0 Å². The van der Waals surface area contributed by atoms with Gasteiger partial charge in [0, 0.05) is 12.8 Å². The highest BCUT2D eigenvalue weighted by Crippen LogP contribution is 2.24. The number of Topliss-reactive ketones (excluding diaryl/α,β-unsaturated/α-hetero) is 1. The highest BCUT2D eigenvalue weighted by molar-refractivity contribution is 5.78. The topological polar surface area (TPSA) is 17.1 Å². The Kier molecular flexibility index (Phi) is 4.06. The summed E-state index contributed by atoms with van der Waals surface area (Å²) >= 11 is 0. The lowest BCUT2D eigenvalue weighted by atomic mass is 9.95. The summed E-state index contributed by atoms with van der Waals surface area (Å²) in [7, 11) is 0. The fourth-order valence-electron chi connectivity index (χ4n) is 1.88. The van der Waals surface area contributed by atoms with E-state index in [-0.39, 0.29) is 0 Å². The van der Waals surface area contributed by atoms with Crippen molar-refractivity contribution in [1.29, 1.82) is 0 Å². The van der Waals surface area contributed by atoms with Gasteiger partial charge in [-0.3, -0.25) is 4.79 Å². The van der Waals surface area contributed by atoms with Crippen LogP contribution in [-0.4, -0.2) is 5.78 Å². The predicted molar refractivity (Wildman–Crippen MR) is 51.0 cm³/mol. The van der Waals surface area contributed by atoms with Crippen LogP contribution in [0.1, 0.15) is 44.9 Å². The third kappa shape index (κ3) is 3.21. The maximum absolute atomic E-state index is 11.2. The number of ketones is 1. The number of hydrogen-bond donors (Lipinski definition) is 0. The molecular weight excluding hydrogens is 148 g/mol. The van der Waals surface area contributed by atoms with Crippen molar-refractivity contribution >= 4 is 5.78 Å². The van der Waals surface area contributed by atoms with Crippen LogP contribution in [0.5, 0.6) is 0 Å². The Labute approximate surface area is 74.9 Å². The highest BCUT2D eigenvalue weighted by atomic mass is 16.1. The number of carbonyl (C=O) groups is 1. The molecule has 12 heavy (non-hydrogen) atoms. The molecule has 0 amide bonds. The summed E-state index contributed by atoms with van der Waals surface area (Å²) in [5.41, 5.74) is 0. The molecule has 0 saturated heterocycles. The molecule has 1 aliphatic rings. The van der Waals surface area contributed by atoms with Gasteiger partial charge in [-0.1, -0.05) is 18.9 Å². The van der Waals surface area contributed by atoms with E-state index in [9.17, 15) is 4.79 Å². The molecule has 1 fully saturated rings. The molecule has 0 radical (unpaired) electrons. The molecule has 0 aromatic heterocycles. The van der Waals surface area contributed by atoms with Gasteiger partial charge in [0.2, 0.25) is 0 Å². The van der Waals surface area contributed by atoms with Crippen molar-refractivity contribution in [3.63, 3.8) is 0 Å². The predicted octanol–water partition coefficient (Wildman–Crippen LogP) is 3.10. The fraction of sp³-hybridized carbons (Fsp3) is 0.727. The Hall–Kier alpha value is -0.590. The van der Waals surface area contributed by atoms with Crippen molar-refractivity contribution in [3.05, 3.63) is 12.7 Å². The van der Waals surface area contributed by atoms with E-state index in [1.54, 1.807) is 0 Å². The Morgan fingerprint density at radius 2 is 2.33 bits per heavy atom. The van der Waals surface area contributed by atoms with Crippen molar-refractivity contribution < 1.29 is 4.79 Å². The second-order valence-corrected chi connectivity index (χ2v) is 3.72. The van der Waals surface area contributed by atoms with E-state index in [1.165, 1.54) is 12.8 Å². The lowest BCUT2D eigenvalue weighted by molar-refractivity contribution is -0.119. The highest BCUT2D eigenvalue weighted by Gasteiger charge is 2.16. The zero-order valence-electron chi connectivity index (χ0n) is 7.72. The average Bonchev–Trinajstić information content (AvgIpc) is 2.26. The van der Waals surface area contributed by atoms with Crippen molar-refractivity contribution in [2.24, 2.45) is 5.92 Å². The molecule has 0 aromatic carbocycles. The van der Waals surface area contributed by atoms with Crippen LogP contribution in [0.15, 0.2) is 12.7 Å². The molecular formula is C11H18O. The van der Waals surface area contributed by atoms with Crippen LogP contribution in [0.3, 0.4) is 0 Å². The molecule has 1 heteroatoms. The van der Waals surface area contributed by atoms with Crippen LogP contribution in [0.25, 0.3) is 0 Å². The first-order valence-electron chi connectivity index (χ1n) is 4.95. The fourth-order valence-corrected chi connectivity index (χ4v) is 1.88. The summed E-state index contributed by atoms with van der Waals surface area (Å²) in [5.74, 6) is 1.12. The van der Waals surface area contributed by atoms with Gasteiger partial charge < -0.3 is 0 Å². The van der Waals surface area contributed by atoms with Gasteiger partial charge in [-0.25, -0.2) is 0 Å². The summed E-state index contributed by atoms with van der Waals surface area (Å²) in [5, 5.41) is 0. The lowest BCUT2D eigenvalue weighted by Gasteiger charge is -2.10. The van der Waals surface area contributed by atoms with Gasteiger partial charge in [0.25, 0.3) is 0 Å². The van der Waals surface area contributed by atoms with Gasteiger partial charge >= 0.3 is 0 Å². The summed E-state index contributed by atoms with van der Waals surface area (Å²) in [4.78, 5) is 11.2. The Balaban J connectivity index is 2.30. The minimum atomic E-state index is 0.474. The second-order valence-electron chi connectivity index (χ2n) is 3.72. The molecule has 0 heterocycles. The maximum Gasteiger partial charge on any atom is 0.133 e. The van der Waals surface area contributed by atoms with Crippen LogP contribution in [0.2, 0.25) is 0 Å². The summed E-state index contributed by atoms with van der Waals surface area (Å²) < 4.78 is 0. The quantitative estimate of drug-likeness (QED) is 0.465. The van der Waals surface area contributed by atoms with Gasteiger partial charge in [-0.05, 0) is 25.2 Å². The van der Waals surface area contributed by atoms with Crippen molar-refractivity contribution in [1.82, 2.24) is 0 Å². The van der Waals surface area contributed by atoms with E-state index in [0.717, 1.165) is 32.1 Å². The van der Waals surface area contributed by atoms with E-state index < -0.39 is 0 Å². The molecule has 0 aromatic rings. The minimum absolute atomic E-state index is 0.474. The normalized spacial score (nSPS) is 25.0. The third-order valence-electron chi connectivity index (χ3n) is 2.61. The molecule has 1 saturated carbocycles. The molecule has 0 bridgehead atoms. The van der Waals surface area contributed by atoms with Crippen LogP contribution in [0, 0.1) is 5.92 Å². The standard InChI is InChI=1S/C11H18O/c1-2-3-6-10-7-4-5-8-11(12)9-10/h2,10H,1,3-9H2. The monoisotopic (exact) mass is 166 g/mol. The number of hydrogen-bond acceptors (Lipinski definition) is 1. The zero-order chi connectivity index (χ0) is 8.81. The van der Waals surface area contributed by atoms with E-state index in [0.29, 0.717) is 11.7 Å². The van der Waals surface area contributed by atoms with Crippen molar-refractivity contribution in [3.8, 4) is 0 Å². The van der Waals surface area contributed by atoms with Gasteiger partial charge in [0.05, 0.1) is 0 Å². The van der Waals surface area contributed by atoms with Crippen LogP contribution >= 0.6 is 0 Å². The molecule has 0 spiro atoms. The Morgan fingerprint density at radius 3 is 3.08 bits per heavy atom. The zero-order valence-corrected chi connectivity index (χ0v) is 7.72. The summed E-state index contributed by atoms with van der Waals surface area (Å²) in [6.45, 7) is 3.70. The van der Waals surface area contributed by atoms with Crippen LogP contribution in [-0.2, 0) is 4.79 Å². The molecule has 68 valence electrons. The molecule has 1 nitrogen and oxygen atoms in total. The Morgan fingerprint density at radius 1 is 1.50 bits per heavy atom. The SMILES string of the molecule is C=CCCC1CCCCC(=O)C1. The largest absolute Gasteiger partial charge is 0.300 e. The first-order chi connectivity index (χ1) is 5.83. The third-order valence-corrected chi connectivity index (χ3v) is 2.61. The lowest BCUT2D eigenvalue weighted by Crippen LogP contribution is -2.04. The first-order valence-corrected chi connectivity index (χ1v) is 4.95. The van der Waals surface area contributed by atoms with E-state index in [1.807, 2.05) is 6.08 Å². The molecule has 1 unspecified atom stereocenters. The molecule has 1 rings (SSSR count). The first kappa shape index (κ1) is 9.50. The Bertz CT molecular complexity index is 160. The van der Waals surface area contributed by atoms with Crippen molar-refractivity contribution in [2.75, 3.05) is 0 Å². The summed E-state index contributed by atoms with van der Waals surface area (Å²) in [6, 6.07) is 0. The molecule has 1 atom stereocenters. The van der Waals surface area contributed by atoms with E-state index in [2.05, 4.69) is 6.58 Å². The van der Waals surface area contributed by atoms with Gasteiger partial charge in [0.15, 0.2) is 0 Å². The van der Waals surface area contributed by atoms with E-state index >= 15 is 0 Å². The minimum Gasteiger partial charge on any atom is -0.300 e. The maximum atomic E-state index is 11.2. The molecule has 0 N–H and O–H groups in total. The average molecular weight is 166 g/mol. The van der Waals surface area contributed by atoms with Crippen molar-refractivity contribution in [2.45, 2.75) is 44.9 Å². The number of allylic oxidation sites excluding steroid dienone is 1. The van der Waals surface area contributed by atoms with Gasteiger partial charge in [-0.15, -0.1) is 6.58 Å². The van der Waals surface area contributed by atoms with Crippen LogP contribution in [0.4, 0.5) is 0 Å². The smallest absolute Gasteiger partial charge is 0.133 e. The van der Waals surface area contributed by atoms with Crippen LogP contribution < -0.4 is 0 Å². The summed E-state index contributed by atoms with van der Waals surface area (Å²) in [6.07, 6.45) is 9.44. The van der Waals surface area contributed by atoms with Gasteiger partial charge in [-0.2, -0.15) is 0 Å². The van der Waals surface area contributed by atoms with Gasteiger partial charge in [0.1, 0.15) is 5.78 Å². The second kappa shape index (κ2) is 5.13.